The summed E-state index contributed by atoms with van der Waals surface area (Å²) in [7, 11) is 0. The van der Waals surface area contributed by atoms with Crippen LogP contribution >= 0.6 is 0 Å². The summed E-state index contributed by atoms with van der Waals surface area (Å²) in [5.74, 6) is 0. The minimum Gasteiger partial charge on any atom is -0.314 e. The maximum Gasteiger partial charge on any atom is 0.0491 e. The molecule has 0 spiro atoms. The van der Waals surface area contributed by atoms with Crippen molar-refractivity contribution in [3.63, 3.8) is 0 Å². The second kappa shape index (κ2) is 6.59. The smallest absolute Gasteiger partial charge is 0.0491 e. The molecule has 0 aliphatic carbocycles. The number of nitrogens with zero attached hydrogens (tertiary/aromatic N) is 2. The summed E-state index contributed by atoms with van der Waals surface area (Å²) in [6.07, 6.45) is 3.84. The predicted octanol–water partition coefficient (Wildman–Crippen LogP) is 3.15. The summed E-state index contributed by atoms with van der Waals surface area (Å²) in [4.78, 5) is 6.86. The molecule has 1 saturated heterocycles. The molecule has 22 heavy (non-hydrogen) atoms. The summed E-state index contributed by atoms with van der Waals surface area (Å²) in [6.45, 7) is 10.8. The van der Waals surface area contributed by atoms with Gasteiger partial charge in [0.25, 0.3) is 0 Å². The minimum atomic E-state index is 0.406. The maximum atomic E-state index is 4.29. The number of piperazine rings is 1. The molecule has 3 heteroatoms. The summed E-state index contributed by atoms with van der Waals surface area (Å²) >= 11 is 0. The van der Waals surface area contributed by atoms with Crippen LogP contribution in [0.1, 0.15) is 33.9 Å². The van der Waals surface area contributed by atoms with Gasteiger partial charge in [0.05, 0.1) is 0 Å². The fraction of sp³-hybridized carbons (Fsp3) is 0.421. The Morgan fingerprint density at radius 1 is 1.18 bits per heavy atom. The quantitative estimate of drug-likeness (QED) is 0.943. The van der Waals surface area contributed by atoms with Crippen LogP contribution in [0.2, 0.25) is 0 Å². The number of pyridine rings is 1. The fourth-order valence-corrected chi connectivity index (χ4v) is 3.25. The second-order valence-corrected chi connectivity index (χ2v) is 6.34. The van der Waals surface area contributed by atoms with Gasteiger partial charge in [0, 0.05) is 44.6 Å². The molecule has 3 rings (SSSR count). The number of hydrogen-bond donors (Lipinski definition) is 1. The predicted molar refractivity (Wildman–Crippen MR) is 90.9 cm³/mol. The van der Waals surface area contributed by atoms with Crippen LogP contribution in [0.5, 0.6) is 0 Å². The molecule has 1 aromatic carbocycles. The summed E-state index contributed by atoms with van der Waals surface area (Å²) in [6, 6.07) is 9.29. The molecule has 0 bridgehead atoms. The van der Waals surface area contributed by atoms with Crippen molar-refractivity contribution >= 4 is 0 Å². The molecule has 1 aromatic heterocycles. The number of benzene rings is 1. The van der Waals surface area contributed by atoms with Crippen molar-refractivity contribution in [2.75, 3.05) is 19.6 Å². The number of nitrogens with one attached hydrogen (secondary N) is 1. The minimum absolute atomic E-state index is 0.406. The molecule has 0 saturated carbocycles. The van der Waals surface area contributed by atoms with E-state index in [2.05, 4.69) is 54.2 Å². The lowest BCUT2D eigenvalue weighted by atomic mass is 9.98. The van der Waals surface area contributed by atoms with Crippen molar-refractivity contribution in [1.29, 1.82) is 0 Å². The Kier molecular flexibility index (Phi) is 4.55. The van der Waals surface area contributed by atoms with Gasteiger partial charge >= 0.3 is 0 Å². The lowest BCUT2D eigenvalue weighted by Crippen LogP contribution is -2.45. The maximum absolute atomic E-state index is 4.29. The van der Waals surface area contributed by atoms with E-state index >= 15 is 0 Å². The highest BCUT2D eigenvalue weighted by Gasteiger charge is 2.24. The van der Waals surface area contributed by atoms with E-state index in [9.17, 15) is 0 Å². The van der Waals surface area contributed by atoms with E-state index in [-0.39, 0.29) is 0 Å². The number of rotatable bonds is 3. The topological polar surface area (TPSA) is 28.2 Å². The van der Waals surface area contributed by atoms with Gasteiger partial charge in [-0.25, -0.2) is 0 Å². The Morgan fingerprint density at radius 3 is 2.77 bits per heavy atom. The van der Waals surface area contributed by atoms with Crippen LogP contribution in [0.15, 0.2) is 36.7 Å². The van der Waals surface area contributed by atoms with E-state index in [1.807, 2.05) is 18.5 Å². The van der Waals surface area contributed by atoms with Gasteiger partial charge < -0.3 is 5.32 Å². The molecule has 1 aliphatic rings. The van der Waals surface area contributed by atoms with Crippen LogP contribution in [0, 0.1) is 20.8 Å². The standard InChI is InChI=1S/C19H25N3/c1-14-9-16(3)18(10-15(14)2)13-22-8-7-21-12-19(22)17-5-4-6-20-11-17/h4-6,9-11,19,21H,7-8,12-13H2,1-3H3. The van der Waals surface area contributed by atoms with Gasteiger partial charge in [0.15, 0.2) is 0 Å². The van der Waals surface area contributed by atoms with Crippen molar-refractivity contribution in [1.82, 2.24) is 15.2 Å². The third-order valence-corrected chi connectivity index (χ3v) is 4.75. The van der Waals surface area contributed by atoms with Crippen LogP contribution in [0.4, 0.5) is 0 Å². The SMILES string of the molecule is Cc1cc(C)c(CN2CCNCC2c2cccnc2)cc1C. The lowest BCUT2D eigenvalue weighted by molar-refractivity contribution is 0.153. The molecule has 1 unspecified atom stereocenters. The van der Waals surface area contributed by atoms with Gasteiger partial charge in [-0.3, -0.25) is 9.88 Å². The van der Waals surface area contributed by atoms with E-state index < -0.39 is 0 Å². The molecule has 116 valence electrons. The molecular formula is C19H25N3. The normalized spacial score (nSPS) is 19.3. The van der Waals surface area contributed by atoms with Gasteiger partial charge in [-0.1, -0.05) is 18.2 Å². The van der Waals surface area contributed by atoms with Crippen LogP contribution in [0.3, 0.4) is 0 Å². The summed E-state index contributed by atoms with van der Waals surface area (Å²) < 4.78 is 0. The van der Waals surface area contributed by atoms with E-state index in [1.165, 1.54) is 27.8 Å². The van der Waals surface area contributed by atoms with E-state index in [0.717, 1.165) is 26.2 Å². The molecule has 1 atom stereocenters. The highest BCUT2D eigenvalue weighted by molar-refractivity contribution is 5.36. The Labute approximate surface area is 133 Å². The first-order valence-electron chi connectivity index (χ1n) is 8.06. The molecule has 0 amide bonds. The zero-order valence-corrected chi connectivity index (χ0v) is 13.8. The molecule has 2 aromatic rings. The Hall–Kier alpha value is -1.71. The van der Waals surface area contributed by atoms with Gasteiger partial charge in [0.2, 0.25) is 0 Å². The molecule has 3 nitrogen and oxygen atoms in total. The second-order valence-electron chi connectivity index (χ2n) is 6.34. The molecular weight excluding hydrogens is 270 g/mol. The zero-order chi connectivity index (χ0) is 15.5. The largest absolute Gasteiger partial charge is 0.314 e. The first kappa shape index (κ1) is 15.2. The van der Waals surface area contributed by atoms with E-state index in [4.69, 9.17) is 0 Å². The molecule has 1 N–H and O–H groups in total. The Morgan fingerprint density at radius 2 is 2.00 bits per heavy atom. The Balaban J connectivity index is 1.84. The zero-order valence-electron chi connectivity index (χ0n) is 13.8. The molecule has 0 radical (unpaired) electrons. The average Bonchev–Trinajstić information content (AvgIpc) is 2.54. The summed E-state index contributed by atoms with van der Waals surface area (Å²) in [5.41, 5.74) is 6.90. The monoisotopic (exact) mass is 295 g/mol. The van der Waals surface area contributed by atoms with Crippen LogP contribution < -0.4 is 5.32 Å². The number of aryl methyl sites for hydroxylation is 3. The van der Waals surface area contributed by atoms with Crippen molar-refractivity contribution in [3.05, 3.63) is 64.5 Å². The highest BCUT2D eigenvalue weighted by atomic mass is 15.2. The lowest BCUT2D eigenvalue weighted by Gasteiger charge is -2.36. The summed E-state index contributed by atoms with van der Waals surface area (Å²) in [5, 5.41) is 3.51. The third-order valence-electron chi connectivity index (χ3n) is 4.75. The molecule has 1 fully saturated rings. The van der Waals surface area contributed by atoms with E-state index in [1.54, 1.807) is 0 Å². The molecule has 1 aliphatic heterocycles. The van der Waals surface area contributed by atoms with Crippen molar-refractivity contribution in [2.45, 2.75) is 33.4 Å². The van der Waals surface area contributed by atoms with Gasteiger partial charge in [0.1, 0.15) is 0 Å². The number of aromatic nitrogens is 1. The van der Waals surface area contributed by atoms with E-state index in [0.29, 0.717) is 6.04 Å². The van der Waals surface area contributed by atoms with Crippen molar-refractivity contribution in [3.8, 4) is 0 Å². The van der Waals surface area contributed by atoms with Gasteiger partial charge in [-0.2, -0.15) is 0 Å². The average molecular weight is 295 g/mol. The van der Waals surface area contributed by atoms with Gasteiger partial charge in [-0.05, 0) is 54.7 Å². The Bertz CT molecular complexity index is 637. The number of hydrogen-bond acceptors (Lipinski definition) is 3. The van der Waals surface area contributed by atoms with Crippen molar-refractivity contribution in [2.24, 2.45) is 0 Å². The first-order valence-corrected chi connectivity index (χ1v) is 8.06. The first-order chi connectivity index (χ1) is 10.6. The van der Waals surface area contributed by atoms with Crippen LogP contribution in [-0.2, 0) is 6.54 Å². The highest BCUT2D eigenvalue weighted by Crippen LogP contribution is 2.25. The molecule has 2 heterocycles. The van der Waals surface area contributed by atoms with Crippen molar-refractivity contribution < 1.29 is 0 Å². The fourth-order valence-electron chi connectivity index (χ4n) is 3.25. The van der Waals surface area contributed by atoms with Crippen LogP contribution in [-0.4, -0.2) is 29.5 Å². The third kappa shape index (κ3) is 3.21. The van der Waals surface area contributed by atoms with Gasteiger partial charge in [-0.15, -0.1) is 0 Å². The van der Waals surface area contributed by atoms with Crippen LogP contribution in [0.25, 0.3) is 0 Å².